The average molecular weight is 664 g/mol. The van der Waals surface area contributed by atoms with Gasteiger partial charge in [0, 0.05) is 39.5 Å². The zero-order valence-electron chi connectivity index (χ0n) is 28.4. The van der Waals surface area contributed by atoms with Gasteiger partial charge in [-0.3, -0.25) is 0 Å². The molecule has 52 heavy (non-hydrogen) atoms. The zero-order valence-corrected chi connectivity index (χ0v) is 28.4. The van der Waals surface area contributed by atoms with Crippen LogP contribution in [-0.4, -0.2) is 0 Å². The van der Waals surface area contributed by atoms with E-state index in [4.69, 9.17) is 4.42 Å². The highest BCUT2D eigenvalue weighted by atomic mass is 16.3. The first-order valence-corrected chi connectivity index (χ1v) is 17.8. The van der Waals surface area contributed by atoms with E-state index in [1.807, 2.05) is 0 Å². The first kappa shape index (κ1) is 30.0. The largest absolute Gasteiger partial charge is 0.455 e. The van der Waals surface area contributed by atoms with Crippen molar-refractivity contribution in [1.82, 2.24) is 0 Å². The molecule has 10 rings (SSSR count). The molecule has 10 aromatic rings. The summed E-state index contributed by atoms with van der Waals surface area (Å²) >= 11 is 0. The molecule has 0 N–H and O–H groups in total. The Labute approximate surface area is 302 Å². The fraction of sp³-hybridized carbons (Fsp3) is 0. The highest BCUT2D eigenvalue weighted by molar-refractivity contribution is 6.19. The monoisotopic (exact) mass is 663 g/mol. The van der Waals surface area contributed by atoms with Gasteiger partial charge in [-0.05, 0) is 97.9 Å². The summed E-state index contributed by atoms with van der Waals surface area (Å²) in [4.78, 5) is 2.32. The summed E-state index contributed by atoms with van der Waals surface area (Å²) in [6, 6.07) is 71.5. The number of hydrogen-bond acceptors (Lipinski definition) is 2. The summed E-state index contributed by atoms with van der Waals surface area (Å²) in [6.07, 6.45) is 0. The van der Waals surface area contributed by atoms with E-state index in [0.29, 0.717) is 0 Å². The molecule has 2 heteroatoms. The van der Waals surface area contributed by atoms with Crippen molar-refractivity contribution < 1.29 is 4.42 Å². The van der Waals surface area contributed by atoms with Crippen LogP contribution in [0.25, 0.3) is 76.9 Å². The van der Waals surface area contributed by atoms with Crippen LogP contribution in [-0.2, 0) is 0 Å². The van der Waals surface area contributed by atoms with Gasteiger partial charge in [-0.25, -0.2) is 0 Å². The van der Waals surface area contributed by atoms with Crippen LogP contribution < -0.4 is 4.90 Å². The molecule has 244 valence electrons. The number of rotatable bonds is 6. The molecule has 0 atom stereocenters. The van der Waals surface area contributed by atoms with E-state index in [2.05, 4.69) is 205 Å². The molecule has 0 amide bonds. The van der Waals surface area contributed by atoms with Gasteiger partial charge >= 0.3 is 0 Å². The van der Waals surface area contributed by atoms with Crippen LogP contribution in [0.4, 0.5) is 17.1 Å². The third kappa shape index (κ3) is 5.21. The maximum absolute atomic E-state index is 6.95. The molecule has 0 aliphatic heterocycles. The molecule has 0 unspecified atom stereocenters. The summed E-state index contributed by atoms with van der Waals surface area (Å²) in [7, 11) is 0. The lowest BCUT2D eigenvalue weighted by Gasteiger charge is -2.26. The molecule has 0 aliphatic rings. The zero-order chi connectivity index (χ0) is 34.4. The van der Waals surface area contributed by atoms with Crippen molar-refractivity contribution in [2.75, 3.05) is 4.90 Å². The summed E-state index contributed by atoms with van der Waals surface area (Å²) in [5.41, 5.74) is 12.0. The van der Waals surface area contributed by atoms with Crippen molar-refractivity contribution in [3.05, 3.63) is 200 Å². The summed E-state index contributed by atoms with van der Waals surface area (Å²) in [5.74, 6) is 0. The van der Waals surface area contributed by atoms with Crippen molar-refractivity contribution >= 4 is 60.5 Å². The van der Waals surface area contributed by atoms with E-state index >= 15 is 0 Å². The lowest BCUT2D eigenvalue weighted by molar-refractivity contribution is 0.670. The molecule has 1 heterocycles. The van der Waals surface area contributed by atoms with E-state index < -0.39 is 0 Å². The molecule has 2 nitrogen and oxygen atoms in total. The molecule has 0 bridgehead atoms. The van der Waals surface area contributed by atoms with Crippen LogP contribution in [0, 0.1) is 0 Å². The molecule has 0 radical (unpaired) electrons. The van der Waals surface area contributed by atoms with Gasteiger partial charge in [-0.1, -0.05) is 146 Å². The first-order chi connectivity index (χ1) is 25.8. The number of anilines is 3. The molecule has 9 aromatic carbocycles. The van der Waals surface area contributed by atoms with Gasteiger partial charge in [0.15, 0.2) is 0 Å². The summed E-state index contributed by atoms with van der Waals surface area (Å²) < 4.78 is 6.95. The molecular weight excluding hydrogens is 631 g/mol. The van der Waals surface area contributed by atoms with E-state index in [0.717, 1.165) is 50.1 Å². The van der Waals surface area contributed by atoms with Crippen LogP contribution in [0.2, 0.25) is 0 Å². The Bertz CT molecular complexity index is 2790. The second-order valence-electron chi connectivity index (χ2n) is 13.4. The topological polar surface area (TPSA) is 16.4 Å². The molecule has 0 fully saturated rings. The molecule has 0 spiro atoms. The van der Waals surface area contributed by atoms with Gasteiger partial charge in [0.25, 0.3) is 0 Å². The van der Waals surface area contributed by atoms with E-state index in [1.54, 1.807) is 0 Å². The molecule has 0 saturated heterocycles. The normalized spacial score (nSPS) is 11.5. The second kappa shape index (κ2) is 12.5. The van der Waals surface area contributed by atoms with Crippen LogP contribution in [0.5, 0.6) is 0 Å². The standard InChI is InChI=1S/C50H33NO/c1-3-11-34(12-4-1)37-21-25-42(26-22-37)51(43-27-23-38(24-28-43)35-13-5-2-6-14-35)44-29-30-46-47-32-40-17-9-10-18-45(40)49(50(47)52-48(46)33-44)41-20-19-36-15-7-8-16-39(36)31-41/h1-33H. The number of benzene rings is 9. The van der Waals surface area contributed by atoms with Crippen LogP contribution in [0.3, 0.4) is 0 Å². The van der Waals surface area contributed by atoms with Gasteiger partial charge in [-0.15, -0.1) is 0 Å². The van der Waals surface area contributed by atoms with Crippen molar-refractivity contribution in [1.29, 1.82) is 0 Å². The van der Waals surface area contributed by atoms with Gasteiger partial charge in [0.1, 0.15) is 11.2 Å². The Balaban J connectivity index is 1.14. The van der Waals surface area contributed by atoms with Gasteiger partial charge < -0.3 is 9.32 Å². The number of hydrogen-bond donors (Lipinski definition) is 0. The minimum absolute atomic E-state index is 0.858. The Morgan fingerprint density at radius 2 is 0.827 bits per heavy atom. The first-order valence-electron chi connectivity index (χ1n) is 17.8. The minimum atomic E-state index is 0.858. The average Bonchev–Trinajstić information content (AvgIpc) is 3.58. The summed E-state index contributed by atoms with van der Waals surface area (Å²) in [5, 5.41) is 7.05. The smallest absolute Gasteiger partial charge is 0.143 e. The maximum atomic E-state index is 6.95. The Hall–Kier alpha value is -6.90. The number of furan rings is 1. The third-order valence-corrected chi connectivity index (χ3v) is 10.2. The quantitative estimate of drug-likeness (QED) is 0.176. The highest BCUT2D eigenvalue weighted by Crippen LogP contribution is 2.44. The molecular formula is C50H33NO. The molecule has 0 aliphatic carbocycles. The van der Waals surface area contributed by atoms with E-state index in [-0.39, 0.29) is 0 Å². The Kier molecular flexibility index (Phi) is 7.18. The lowest BCUT2D eigenvalue weighted by Crippen LogP contribution is -2.09. The lowest BCUT2D eigenvalue weighted by atomic mass is 9.94. The van der Waals surface area contributed by atoms with Gasteiger partial charge in [0.05, 0.1) is 0 Å². The number of nitrogens with zero attached hydrogens (tertiary/aromatic N) is 1. The van der Waals surface area contributed by atoms with Gasteiger partial charge in [-0.2, -0.15) is 0 Å². The van der Waals surface area contributed by atoms with E-state index in [9.17, 15) is 0 Å². The Morgan fingerprint density at radius 3 is 1.48 bits per heavy atom. The second-order valence-corrected chi connectivity index (χ2v) is 13.4. The highest BCUT2D eigenvalue weighted by Gasteiger charge is 2.20. The fourth-order valence-corrected chi connectivity index (χ4v) is 7.65. The fourth-order valence-electron chi connectivity index (χ4n) is 7.65. The maximum Gasteiger partial charge on any atom is 0.143 e. The van der Waals surface area contributed by atoms with Crippen molar-refractivity contribution in [2.24, 2.45) is 0 Å². The predicted octanol–water partition coefficient (Wildman–Crippen LogP) is 14.4. The van der Waals surface area contributed by atoms with Gasteiger partial charge in [0.2, 0.25) is 0 Å². The number of fused-ring (bicyclic) bond motifs is 5. The summed E-state index contributed by atoms with van der Waals surface area (Å²) in [6.45, 7) is 0. The van der Waals surface area contributed by atoms with Crippen LogP contribution >= 0.6 is 0 Å². The van der Waals surface area contributed by atoms with E-state index in [1.165, 1.54) is 43.8 Å². The molecule has 1 aromatic heterocycles. The van der Waals surface area contributed by atoms with Crippen molar-refractivity contribution in [3.8, 4) is 33.4 Å². The minimum Gasteiger partial charge on any atom is -0.455 e. The third-order valence-electron chi connectivity index (χ3n) is 10.2. The SMILES string of the molecule is c1ccc(-c2ccc(N(c3ccc(-c4ccccc4)cc3)c3ccc4c(c3)oc3c(-c5ccc6ccccc6c5)c5ccccc5cc34)cc2)cc1. The van der Waals surface area contributed by atoms with Crippen LogP contribution in [0.1, 0.15) is 0 Å². The Morgan fingerprint density at radius 1 is 0.308 bits per heavy atom. The van der Waals surface area contributed by atoms with Crippen LogP contribution in [0.15, 0.2) is 205 Å². The van der Waals surface area contributed by atoms with Crippen molar-refractivity contribution in [2.45, 2.75) is 0 Å². The molecule has 0 saturated carbocycles. The van der Waals surface area contributed by atoms with Crippen molar-refractivity contribution in [3.63, 3.8) is 0 Å². The predicted molar refractivity (Wildman–Crippen MR) is 220 cm³/mol.